The lowest BCUT2D eigenvalue weighted by atomic mass is 10.1. The van der Waals surface area contributed by atoms with Crippen LogP contribution in [0.15, 0.2) is 0 Å². The summed E-state index contributed by atoms with van der Waals surface area (Å²) in [7, 11) is 0. The summed E-state index contributed by atoms with van der Waals surface area (Å²) >= 11 is 0. The number of aliphatic hydroxyl groups is 1. The van der Waals surface area contributed by atoms with Crippen molar-refractivity contribution in [1.29, 1.82) is 0 Å². The van der Waals surface area contributed by atoms with Gasteiger partial charge in [-0.25, -0.2) is 5.11 Å². The summed E-state index contributed by atoms with van der Waals surface area (Å²) < 4.78 is 0. The number of nitrogens with zero attached hydrogens (tertiary/aromatic N) is 1. The van der Waals surface area contributed by atoms with E-state index in [1.165, 1.54) is 0 Å². The lowest BCUT2D eigenvalue weighted by Crippen LogP contribution is -2.36. The molecule has 3 heteroatoms. The third-order valence-corrected chi connectivity index (χ3v) is 2.17. The van der Waals surface area contributed by atoms with Crippen LogP contribution in [0.3, 0.4) is 0 Å². The zero-order chi connectivity index (χ0) is 8.10. The second-order valence-electron chi connectivity index (χ2n) is 3.12. The van der Waals surface area contributed by atoms with E-state index in [9.17, 15) is 5.11 Å². The topological polar surface area (TPSA) is 43.4 Å². The Balaban J connectivity index is 2.07. The van der Waals surface area contributed by atoms with Gasteiger partial charge in [-0.1, -0.05) is 0 Å². The van der Waals surface area contributed by atoms with Gasteiger partial charge < -0.3 is 10.0 Å². The standard InChI is InChI=1S/C8H16NO2/c10-7-1-4-9-5-2-8(11)3-6-9/h8,10H,1-7H2. The van der Waals surface area contributed by atoms with Crippen LogP contribution < -0.4 is 0 Å². The molecule has 0 aliphatic carbocycles. The van der Waals surface area contributed by atoms with Crippen LogP contribution in [0.1, 0.15) is 19.3 Å². The molecule has 0 atom stereocenters. The Bertz CT molecular complexity index is 97.5. The van der Waals surface area contributed by atoms with Gasteiger partial charge >= 0.3 is 0 Å². The highest BCUT2D eigenvalue weighted by molar-refractivity contribution is 4.70. The summed E-state index contributed by atoms with van der Waals surface area (Å²) in [5, 5.41) is 19.5. The van der Waals surface area contributed by atoms with E-state index >= 15 is 0 Å². The van der Waals surface area contributed by atoms with Crippen molar-refractivity contribution >= 4 is 0 Å². The summed E-state index contributed by atoms with van der Waals surface area (Å²) in [6.07, 6.45) is 2.07. The van der Waals surface area contributed by atoms with E-state index in [1.54, 1.807) is 0 Å². The van der Waals surface area contributed by atoms with E-state index in [-0.39, 0.29) is 12.7 Å². The quantitative estimate of drug-likeness (QED) is 0.640. The Labute approximate surface area is 67.6 Å². The first-order chi connectivity index (χ1) is 5.33. The fourth-order valence-corrected chi connectivity index (χ4v) is 1.43. The Kier molecular flexibility index (Phi) is 3.83. The Hall–Kier alpha value is -0.120. The highest BCUT2D eigenvalue weighted by Crippen LogP contribution is 2.09. The minimum atomic E-state index is -0.333. The number of rotatable bonds is 3. The molecule has 0 aromatic rings. The van der Waals surface area contributed by atoms with Crippen LogP contribution in [0.5, 0.6) is 0 Å². The summed E-state index contributed by atoms with van der Waals surface area (Å²) in [6, 6.07) is 0. The molecule has 3 nitrogen and oxygen atoms in total. The van der Waals surface area contributed by atoms with Crippen molar-refractivity contribution in [3.8, 4) is 0 Å². The third-order valence-electron chi connectivity index (χ3n) is 2.17. The number of piperidine rings is 1. The maximum atomic E-state index is 10.9. The van der Waals surface area contributed by atoms with Crippen molar-refractivity contribution in [3.05, 3.63) is 0 Å². The van der Waals surface area contributed by atoms with E-state index in [0.29, 0.717) is 0 Å². The predicted molar refractivity (Wildman–Crippen MR) is 41.9 cm³/mol. The number of hydrogen-bond acceptors (Lipinski definition) is 2. The van der Waals surface area contributed by atoms with Crippen LogP contribution in [0, 0.1) is 0 Å². The van der Waals surface area contributed by atoms with Gasteiger partial charge in [0.05, 0.1) is 6.10 Å². The monoisotopic (exact) mass is 158 g/mol. The molecule has 1 aliphatic rings. The first kappa shape index (κ1) is 8.97. The SMILES string of the molecule is [O]C1CCN(CCCO)CC1. The van der Waals surface area contributed by atoms with Gasteiger partial charge in [-0.2, -0.15) is 0 Å². The van der Waals surface area contributed by atoms with Crippen molar-refractivity contribution < 1.29 is 10.2 Å². The molecular formula is C8H16NO2. The molecule has 0 aromatic carbocycles. The van der Waals surface area contributed by atoms with Gasteiger partial charge in [0.25, 0.3) is 0 Å². The summed E-state index contributed by atoms with van der Waals surface area (Å²) in [4.78, 5) is 2.25. The van der Waals surface area contributed by atoms with E-state index in [4.69, 9.17) is 5.11 Å². The van der Waals surface area contributed by atoms with Gasteiger partial charge in [0, 0.05) is 26.2 Å². The number of hydrogen-bond donors (Lipinski definition) is 1. The van der Waals surface area contributed by atoms with Crippen molar-refractivity contribution in [2.75, 3.05) is 26.2 Å². The normalized spacial score (nSPS) is 22.4. The Morgan fingerprint density at radius 1 is 1.36 bits per heavy atom. The largest absolute Gasteiger partial charge is 0.396 e. The van der Waals surface area contributed by atoms with Gasteiger partial charge in [-0.3, -0.25) is 0 Å². The smallest absolute Gasteiger partial charge is 0.0954 e. The Morgan fingerprint density at radius 2 is 2.00 bits per heavy atom. The first-order valence-electron chi connectivity index (χ1n) is 4.32. The second-order valence-corrected chi connectivity index (χ2v) is 3.12. The molecule has 0 unspecified atom stereocenters. The second kappa shape index (κ2) is 4.70. The maximum absolute atomic E-state index is 10.9. The molecule has 1 rings (SSSR count). The molecular weight excluding hydrogens is 142 g/mol. The maximum Gasteiger partial charge on any atom is 0.0954 e. The number of aliphatic hydroxyl groups excluding tert-OH is 1. The van der Waals surface area contributed by atoms with E-state index in [0.717, 1.165) is 38.9 Å². The fourth-order valence-electron chi connectivity index (χ4n) is 1.43. The molecule has 0 bridgehead atoms. The average molecular weight is 158 g/mol. The third kappa shape index (κ3) is 3.18. The van der Waals surface area contributed by atoms with Crippen LogP contribution in [0.4, 0.5) is 0 Å². The van der Waals surface area contributed by atoms with Crippen molar-refractivity contribution in [2.24, 2.45) is 0 Å². The minimum Gasteiger partial charge on any atom is -0.396 e. The van der Waals surface area contributed by atoms with E-state index in [2.05, 4.69) is 4.90 Å². The summed E-state index contributed by atoms with van der Waals surface area (Å²) in [6.45, 7) is 3.06. The minimum absolute atomic E-state index is 0.261. The molecule has 65 valence electrons. The average Bonchev–Trinajstić information content (AvgIpc) is 2.04. The molecule has 11 heavy (non-hydrogen) atoms. The molecule has 0 aromatic heterocycles. The molecule has 1 aliphatic heterocycles. The van der Waals surface area contributed by atoms with Gasteiger partial charge in [0.2, 0.25) is 0 Å². The highest BCUT2D eigenvalue weighted by atomic mass is 16.3. The van der Waals surface area contributed by atoms with Crippen molar-refractivity contribution in [2.45, 2.75) is 25.4 Å². The van der Waals surface area contributed by atoms with Gasteiger partial charge in [0.1, 0.15) is 0 Å². The fraction of sp³-hybridized carbons (Fsp3) is 1.00. The lowest BCUT2D eigenvalue weighted by molar-refractivity contribution is 0.0265. The van der Waals surface area contributed by atoms with Crippen molar-refractivity contribution in [1.82, 2.24) is 4.90 Å². The van der Waals surface area contributed by atoms with E-state index in [1.807, 2.05) is 0 Å². The predicted octanol–water partition coefficient (Wildman–Crippen LogP) is 0.264. The van der Waals surface area contributed by atoms with Crippen LogP contribution >= 0.6 is 0 Å². The molecule has 0 saturated carbocycles. The van der Waals surface area contributed by atoms with Crippen LogP contribution in [0.2, 0.25) is 0 Å². The molecule has 1 fully saturated rings. The van der Waals surface area contributed by atoms with Crippen molar-refractivity contribution in [3.63, 3.8) is 0 Å². The molecule has 1 heterocycles. The molecule has 1 saturated heterocycles. The first-order valence-corrected chi connectivity index (χ1v) is 4.32. The lowest BCUT2D eigenvalue weighted by Gasteiger charge is -2.28. The highest BCUT2D eigenvalue weighted by Gasteiger charge is 2.16. The number of likely N-dealkylation sites (tertiary alicyclic amines) is 1. The summed E-state index contributed by atoms with van der Waals surface area (Å²) in [5.41, 5.74) is 0. The van der Waals surface area contributed by atoms with E-state index < -0.39 is 0 Å². The van der Waals surface area contributed by atoms with Crippen LogP contribution in [0.25, 0.3) is 0 Å². The van der Waals surface area contributed by atoms with Gasteiger partial charge in [0.15, 0.2) is 0 Å². The van der Waals surface area contributed by atoms with Crippen LogP contribution in [-0.2, 0) is 5.11 Å². The molecule has 0 spiro atoms. The van der Waals surface area contributed by atoms with Gasteiger partial charge in [-0.05, 0) is 19.3 Å². The zero-order valence-corrected chi connectivity index (χ0v) is 6.83. The van der Waals surface area contributed by atoms with Gasteiger partial charge in [-0.15, -0.1) is 0 Å². The molecule has 1 radical (unpaired) electrons. The Morgan fingerprint density at radius 3 is 2.55 bits per heavy atom. The molecule has 0 amide bonds. The summed E-state index contributed by atoms with van der Waals surface area (Å²) in [5.74, 6) is 0. The molecule has 1 N–H and O–H groups in total. The van der Waals surface area contributed by atoms with Crippen LogP contribution in [-0.4, -0.2) is 42.4 Å². The zero-order valence-electron chi connectivity index (χ0n) is 6.83.